The van der Waals surface area contributed by atoms with E-state index in [0.717, 1.165) is 72.6 Å². The summed E-state index contributed by atoms with van der Waals surface area (Å²) in [4.78, 5) is 31.1. The van der Waals surface area contributed by atoms with E-state index >= 15 is 0 Å². The lowest BCUT2D eigenvalue weighted by Gasteiger charge is -2.32. The third-order valence-electron chi connectivity index (χ3n) is 10.5. The van der Waals surface area contributed by atoms with Crippen LogP contribution in [0.5, 0.6) is 0 Å². The van der Waals surface area contributed by atoms with Gasteiger partial charge in [-0.1, -0.05) is 60.7 Å². The van der Waals surface area contributed by atoms with E-state index < -0.39 is 23.8 Å². The molecule has 0 bridgehead atoms. The number of carbonyl (C=O) groups is 2. The number of carbonyl (C=O) groups excluding carboxylic acids is 2. The predicted molar refractivity (Wildman–Crippen MR) is 195 cm³/mol. The number of nitrogens with one attached hydrogen (secondary N) is 2. The Morgan fingerprint density at radius 3 is 2.38 bits per heavy atom. The van der Waals surface area contributed by atoms with Crippen LogP contribution in [0.25, 0.3) is 22.0 Å². The summed E-state index contributed by atoms with van der Waals surface area (Å²) in [7, 11) is 0. The Morgan fingerprint density at radius 2 is 1.63 bits per heavy atom. The molecule has 2 aliphatic heterocycles. The van der Waals surface area contributed by atoms with Crippen LogP contribution < -0.4 is 10.6 Å². The summed E-state index contributed by atoms with van der Waals surface area (Å²) >= 11 is 0. The molecule has 3 aromatic carbocycles. The van der Waals surface area contributed by atoms with Crippen molar-refractivity contribution in [3.63, 3.8) is 0 Å². The minimum absolute atomic E-state index is 0.125. The molecule has 2 amide bonds. The van der Waals surface area contributed by atoms with Crippen LogP contribution in [-0.4, -0.2) is 51.5 Å². The number of hydrogen-bond acceptors (Lipinski definition) is 7. The zero-order valence-electron chi connectivity index (χ0n) is 29.2. The van der Waals surface area contributed by atoms with Crippen molar-refractivity contribution >= 4 is 28.4 Å². The lowest BCUT2D eigenvalue weighted by atomic mass is 9.86. The number of fused-ring (bicyclic) bond motifs is 1. The summed E-state index contributed by atoms with van der Waals surface area (Å²) in [6.07, 6.45) is 2.83. The summed E-state index contributed by atoms with van der Waals surface area (Å²) in [5, 5.41) is 15.8. The second kappa shape index (κ2) is 15.2. The number of rotatable bonds is 10. The maximum absolute atomic E-state index is 14.9. The first-order valence-electron chi connectivity index (χ1n) is 17.9. The van der Waals surface area contributed by atoms with Crippen molar-refractivity contribution < 1.29 is 22.8 Å². The number of amides is 2. The van der Waals surface area contributed by atoms with E-state index in [4.69, 9.17) is 4.98 Å². The van der Waals surface area contributed by atoms with E-state index in [0.29, 0.717) is 30.3 Å². The summed E-state index contributed by atoms with van der Waals surface area (Å²) < 4.78 is 41.7. The third-order valence-corrected chi connectivity index (χ3v) is 10.5. The highest BCUT2D eigenvalue weighted by Crippen LogP contribution is 2.34. The van der Waals surface area contributed by atoms with Crippen molar-refractivity contribution in [2.45, 2.75) is 70.3 Å². The number of benzene rings is 3. The molecule has 2 atom stereocenters. The highest BCUT2D eigenvalue weighted by Gasteiger charge is 2.28. The monoisotopic (exact) mass is 706 g/mol. The van der Waals surface area contributed by atoms with Crippen LogP contribution in [0.15, 0.2) is 79.0 Å². The molecule has 1 unspecified atom stereocenters. The molecule has 0 aliphatic carbocycles. The lowest BCUT2D eigenvalue weighted by molar-refractivity contribution is -0.134. The second-order valence-corrected chi connectivity index (χ2v) is 13.9. The zero-order chi connectivity index (χ0) is 36.4. The van der Waals surface area contributed by atoms with Gasteiger partial charge in [-0.2, -0.15) is 5.10 Å². The van der Waals surface area contributed by atoms with Crippen molar-refractivity contribution in [1.82, 2.24) is 25.4 Å². The highest BCUT2D eigenvalue weighted by atomic mass is 19.3. The number of halogens is 3. The van der Waals surface area contributed by atoms with Gasteiger partial charge in [0, 0.05) is 41.1 Å². The summed E-state index contributed by atoms with van der Waals surface area (Å²) in [6.45, 7) is 6.52. The molecule has 11 heteroatoms. The minimum Gasteiger partial charge on any atom is -0.361 e. The van der Waals surface area contributed by atoms with Crippen LogP contribution in [0, 0.1) is 12.7 Å². The molecule has 2 aliphatic rings. The Bertz CT molecular complexity index is 2100. The molecule has 8 nitrogen and oxygen atoms in total. The van der Waals surface area contributed by atoms with E-state index in [1.807, 2.05) is 37.3 Å². The number of imide groups is 1. The average molecular weight is 707 g/mol. The van der Waals surface area contributed by atoms with Gasteiger partial charge in [-0.15, -0.1) is 5.10 Å². The molecule has 5 aromatic rings. The van der Waals surface area contributed by atoms with Gasteiger partial charge in [-0.25, -0.2) is 13.2 Å². The number of alkyl halides is 2. The molecule has 2 saturated heterocycles. The van der Waals surface area contributed by atoms with Crippen LogP contribution in [0.1, 0.15) is 90.4 Å². The number of piperidine rings is 2. The van der Waals surface area contributed by atoms with Crippen LogP contribution in [0.2, 0.25) is 0 Å². The third kappa shape index (κ3) is 7.55. The first-order chi connectivity index (χ1) is 25.1. The SMILES string of the molecule is Cc1nnc(N[C@H](C)c2cccc(C(F)F)c2F)c2cc(-c3cccc(CCN4CCC(c5ccc(C6CCC(=O)NC6=O)cc5)CC4)c3)ncc12. The molecule has 2 aromatic heterocycles. The van der Waals surface area contributed by atoms with Gasteiger partial charge >= 0.3 is 0 Å². The average Bonchev–Trinajstić information content (AvgIpc) is 3.15. The summed E-state index contributed by atoms with van der Waals surface area (Å²) in [5.74, 6) is -0.684. The van der Waals surface area contributed by atoms with Crippen LogP contribution in [-0.2, 0) is 16.0 Å². The van der Waals surface area contributed by atoms with Crippen molar-refractivity contribution in [2.75, 3.05) is 25.0 Å². The Morgan fingerprint density at radius 1 is 0.904 bits per heavy atom. The van der Waals surface area contributed by atoms with E-state index in [2.05, 4.69) is 50.0 Å². The molecule has 0 saturated carbocycles. The lowest BCUT2D eigenvalue weighted by Crippen LogP contribution is -2.39. The Hall–Kier alpha value is -5.16. The van der Waals surface area contributed by atoms with E-state index in [-0.39, 0.29) is 23.3 Å². The van der Waals surface area contributed by atoms with Crippen molar-refractivity contribution in [2.24, 2.45) is 0 Å². The van der Waals surface area contributed by atoms with Gasteiger partial charge in [-0.3, -0.25) is 19.9 Å². The molecule has 2 fully saturated rings. The van der Waals surface area contributed by atoms with Crippen LogP contribution in [0.4, 0.5) is 19.0 Å². The molecular formula is C41H41F3N6O2. The molecule has 0 spiro atoms. The second-order valence-electron chi connectivity index (χ2n) is 13.9. The normalized spacial score (nSPS) is 17.8. The Kier molecular flexibility index (Phi) is 10.3. The van der Waals surface area contributed by atoms with Gasteiger partial charge in [-0.05, 0) is 87.4 Å². The van der Waals surface area contributed by atoms with E-state index in [9.17, 15) is 22.8 Å². The minimum atomic E-state index is -2.91. The number of pyridine rings is 1. The zero-order valence-corrected chi connectivity index (χ0v) is 29.2. The van der Waals surface area contributed by atoms with E-state index in [1.54, 1.807) is 13.1 Å². The highest BCUT2D eigenvalue weighted by molar-refractivity contribution is 6.01. The van der Waals surface area contributed by atoms with Crippen molar-refractivity contribution in [3.05, 3.63) is 118 Å². The maximum atomic E-state index is 14.9. The standard InChI is InChI=1S/C41H41F3N6O2/c1-24(31-7-4-8-33(38(31)42)39(43)44)46-40-34-22-36(45-23-35(34)25(2)48-49-40)30-6-3-5-26(21-30)15-18-50-19-16-28(17-20-50)27-9-11-29(12-10-27)32-13-14-37(51)47-41(32)52/h3-12,21-24,28,32,39H,13-20H2,1-2H3,(H,46,49)(H,47,51,52)/t24-,32?/m1/s1. The topological polar surface area (TPSA) is 100 Å². The van der Waals surface area contributed by atoms with Gasteiger partial charge < -0.3 is 10.2 Å². The van der Waals surface area contributed by atoms with Gasteiger partial charge in [0.25, 0.3) is 6.43 Å². The molecule has 268 valence electrons. The molecule has 7 rings (SSSR count). The molecule has 2 N–H and O–H groups in total. The number of aromatic nitrogens is 3. The first-order valence-corrected chi connectivity index (χ1v) is 17.9. The van der Waals surface area contributed by atoms with Gasteiger partial charge in [0.1, 0.15) is 5.82 Å². The fourth-order valence-corrected chi connectivity index (χ4v) is 7.47. The maximum Gasteiger partial charge on any atom is 0.266 e. The van der Waals surface area contributed by atoms with Crippen LogP contribution in [0.3, 0.4) is 0 Å². The molecular weight excluding hydrogens is 665 g/mol. The van der Waals surface area contributed by atoms with Crippen molar-refractivity contribution in [3.8, 4) is 11.3 Å². The van der Waals surface area contributed by atoms with Crippen LogP contribution >= 0.6 is 0 Å². The number of hydrogen-bond donors (Lipinski definition) is 2. The smallest absolute Gasteiger partial charge is 0.266 e. The predicted octanol–water partition coefficient (Wildman–Crippen LogP) is 8.19. The molecule has 4 heterocycles. The fourth-order valence-electron chi connectivity index (χ4n) is 7.47. The number of nitrogens with zero attached hydrogens (tertiary/aromatic N) is 4. The van der Waals surface area contributed by atoms with Gasteiger partial charge in [0.15, 0.2) is 5.82 Å². The molecule has 52 heavy (non-hydrogen) atoms. The van der Waals surface area contributed by atoms with Gasteiger partial charge in [0.2, 0.25) is 11.8 Å². The molecule has 0 radical (unpaired) electrons. The first kappa shape index (κ1) is 35.3. The largest absolute Gasteiger partial charge is 0.361 e. The summed E-state index contributed by atoms with van der Waals surface area (Å²) in [5.41, 5.74) is 5.38. The summed E-state index contributed by atoms with van der Waals surface area (Å²) in [6, 6.07) is 22.1. The Labute approximate surface area is 300 Å². The van der Waals surface area contributed by atoms with Crippen molar-refractivity contribution in [1.29, 1.82) is 0 Å². The van der Waals surface area contributed by atoms with E-state index in [1.165, 1.54) is 23.3 Å². The number of anilines is 1. The Balaban J connectivity index is 0.989. The van der Waals surface area contributed by atoms with Gasteiger partial charge in [0.05, 0.1) is 28.9 Å². The number of aryl methyl sites for hydroxylation is 1. The fraction of sp³-hybridized carbons (Fsp3) is 0.341. The quantitative estimate of drug-likeness (QED) is 0.141. The number of likely N-dealkylation sites (tertiary alicyclic amines) is 1.